The van der Waals surface area contributed by atoms with Crippen molar-refractivity contribution in [2.45, 2.75) is 0 Å². The molecule has 6 heteroatoms. The lowest BCUT2D eigenvalue weighted by Gasteiger charge is -2.11. The van der Waals surface area contributed by atoms with Gasteiger partial charge in [-0.15, -0.1) is 0 Å². The number of carbonyl (C=O) groups is 3. The molecule has 3 aromatic carbocycles. The van der Waals surface area contributed by atoms with Crippen LogP contribution in [-0.2, 0) is 4.74 Å². The van der Waals surface area contributed by atoms with E-state index in [2.05, 4.69) is 26.0 Å². The van der Waals surface area contributed by atoms with Gasteiger partial charge in [-0.3, -0.25) is 9.59 Å². The largest absolute Gasteiger partial charge is 0.465 e. The van der Waals surface area contributed by atoms with E-state index in [0.29, 0.717) is 27.9 Å². The van der Waals surface area contributed by atoms with Crippen molar-refractivity contribution in [3.8, 4) is 0 Å². The molecule has 0 atom stereocenters. The minimum absolute atomic E-state index is 0.196. The molecule has 0 fully saturated rings. The number of methoxy groups -OCH3 is 1. The van der Waals surface area contributed by atoms with Crippen LogP contribution in [0.15, 0.2) is 77.3 Å². The van der Waals surface area contributed by atoms with Crippen molar-refractivity contribution in [2.75, 3.05) is 12.4 Å². The molecule has 28 heavy (non-hydrogen) atoms. The molecule has 0 spiro atoms. The Hall–Kier alpha value is -3.25. The summed E-state index contributed by atoms with van der Waals surface area (Å²) in [6.45, 7) is 0. The molecule has 0 saturated carbocycles. The highest BCUT2D eigenvalue weighted by molar-refractivity contribution is 9.10. The summed E-state index contributed by atoms with van der Waals surface area (Å²) in [5.41, 5.74) is 2.01. The molecule has 3 rings (SSSR count). The first-order valence-corrected chi connectivity index (χ1v) is 9.18. The fourth-order valence-electron chi connectivity index (χ4n) is 2.63. The van der Waals surface area contributed by atoms with Crippen LogP contribution in [0.2, 0.25) is 0 Å². The number of ether oxygens (including phenoxy) is 1. The van der Waals surface area contributed by atoms with E-state index in [4.69, 9.17) is 0 Å². The van der Waals surface area contributed by atoms with Gasteiger partial charge in [-0.25, -0.2) is 4.79 Å². The van der Waals surface area contributed by atoms with E-state index in [1.54, 1.807) is 42.5 Å². The zero-order valence-corrected chi connectivity index (χ0v) is 16.5. The predicted octanol–water partition coefficient (Wildman–Crippen LogP) is 4.72. The number of rotatable bonds is 5. The van der Waals surface area contributed by atoms with Crippen molar-refractivity contribution < 1.29 is 19.1 Å². The number of carbonyl (C=O) groups excluding carboxylic acids is 3. The van der Waals surface area contributed by atoms with Gasteiger partial charge in [0.15, 0.2) is 5.78 Å². The first kappa shape index (κ1) is 19.5. The zero-order chi connectivity index (χ0) is 20.1. The summed E-state index contributed by atoms with van der Waals surface area (Å²) in [7, 11) is 1.29. The number of amides is 1. The Morgan fingerprint density at radius 2 is 1.46 bits per heavy atom. The average molecular weight is 438 g/mol. The topological polar surface area (TPSA) is 72.5 Å². The number of nitrogens with one attached hydrogen (secondary N) is 1. The molecule has 0 aromatic heterocycles. The Bertz CT molecular complexity index is 1030. The third kappa shape index (κ3) is 4.35. The van der Waals surface area contributed by atoms with Crippen LogP contribution in [0.3, 0.4) is 0 Å². The van der Waals surface area contributed by atoms with Gasteiger partial charge in [-0.1, -0.05) is 46.3 Å². The highest BCUT2D eigenvalue weighted by Crippen LogP contribution is 2.24. The van der Waals surface area contributed by atoms with Crippen molar-refractivity contribution in [1.82, 2.24) is 0 Å². The summed E-state index contributed by atoms with van der Waals surface area (Å²) in [6.07, 6.45) is 0. The van der Waals surface area contributed by atoms with E-state index in [1.165, 1.54) is 31.4 Å². The predicted molar refractivity (Wildman–Crippen MR) is 110 cm³/mol. The van der Waals surface area contributed by atoms with Gasteiger partial charge in [0.2, 0.25) is 0 Å². The smallest absolute Gasteiger partial charge is 0.337 e. The molecule has 1 N–H and O–H groups in total. The lowest BCUT2D eigenvalue weighted by Crippen LogP contribution is -2.15. The molecule has 0 heterocycles. The monoisotopic (exact) mass is 437 g/mol. The minimum Gasteiger partial charge on any atom is -0.465 e. The van der Waals surface area contributed by atoms with Gasteiger partial charge >= 0.3 is 5.97 Å². The Morgan fingerprint density at radius 1 is 0.821 bits per heavy atom. The van der Waals surface area contributed by atoms with Crippen LogP contribution in [0, 0.1) is 0 Å². The molecule has 0 aliphatic rings. The standard InChI is InChI=1S/C22H16BrNO4/c1-28-22(27)16-9-7-15(8-10-16)21(26)24-19-12-11-17(23)13-18(19)20(25)14-5-3-2-4-6-14/h2-13H,1H3,(H,24,26). The second-order valence-electron chi connectivity index (χ2n) is 5.91. The fourth-order valence-corrected chi connectivity index (χ4v) is 2.99. The van der Waals surface area contributed by atoms with E-state index < -0.39 is 5.97 Å². The highest BCUT2D eigenvalue weighted by atomic mass is 79.9. The van der Waals surface area contributed by atoms with Crippen LogP contribution in [0.1, 0.15) is 36.6 Å². The van der Waals surface area contributed by atoms with Gasteiger partial charge in [0, 0.05) is 21.2 Å². The molecular formula is C22H16BrNO4. The zero-order valence-electron chi connectivity index (χ0n) is 14.9. The maximum absolute atomic E-state index is 12.9. The second-order valence-corrected chi connectivity index (χ2v) is 6.82. The summed E-state index contributed by atoms with van der Waals surface area (Å²) in [5.74, 6) is -1.06. The first-order chi connectivity index (χ1) is 13.5. The van der Waals surface area contributed by atoms with Gasteiger partial charge in [-0.2, -0.15) is 0 Å². The number of anilines is 1. The Kier molecular flexibility index (Phi) is 6.01. The summed E-state index contributed by atoms with van der Waals surface area (Å²) >= 11 is 3.37. The molecule has 140 valence electrons. The minimum atomic E-state index is -0.476. The number of ketones is 1. The van der Waals surface area contributed by atoms with Gasteiger partial charge in [0.05, 0.1) is 18.4 Å². The molecule has 0 radical (unpaired) electrons. The van der Waals surface area contributed by atoms with Crippen LogP contribution in [0.5, 0.6) is 0 Å². The molecule has 3 aromatic rings. The van der Waals surface area contributed by atoms with Crippen molar-refractivity contribution >= 4 is 39.3 Å². The highest BCUT2D eigenvalue weighted by Gasteiger charge is 2.17. The van der Waals surface area contributed by atoms with E-state index in [-0.39, 0.29) is 11.7 Å². The molecule has 0 unspecified atom stereocenters. The van der Waals surface area contributed by atoms with E-state index in [0.717, 1.165) is 4.47 Å². The molecule has 0 saturated heterocycles. The van der Waals surface area contributed by atoms with Gasteiger partial charge < -0.3 is 10.1 Å². The maximum Gasteiger partial charge on any atom is 0.337 e. The number of hydrogen-bond donors (Lipinski definition) is 1. The first-order valence-electron chi connectivity index (χ1n) is 8.38. The summed E-state index contributed by atoms with van der Waals surface area (Å²) < 4.78 is 5.38. The number of esters is 1. The Balaban J connectivity index is 1.87. The van der Waals surface area contributed by atoms with Crippen LogP contribution < -0.4 is 5.32 Å². The number of hydrogen-bond acceptors (Lipinski definition) is 4. The molecule has 0 aliphatic carbocycles. The lowest BCUT2D eigenvalue weighted by atomic mass is 10.0. The maximum atomic E-state index is 12.9. The van der Waals surface area contributed by atoms with Gasteiger partial charge in [-0.05, 0) is 42.5 Å². The fraction of sp³-hybridized carbons (Fsp3) is 0.0455. The summed E-state index contributed by atoms with van der Waals surface area (Å²) in [6, 6.07) is 20.0. The Labute approximate surface area is 170 Å². The molecular weight excluding hydrogens is 422 g/mol. The van der Waals surface area contributed by atoms with E-state index >= 15 is 0 Å². The Morgan fingerprint density at radius 3 is 2.11 bits per heavy atom. The van der Waals surface area contributed by atoms with Crippen molar-refractivity contribution in [3.63, 3.8) is 0 Å². The number of benzene rings is 3. The molecule has 1 amide bonds. The van der Waals surface area contributed by atoms with Crippen LogP contribution in [-0.4, -0.2) is 24.8 Å². The van der Waals surface area contributed by atoms with Crippen molar-refractivity contribution in [2.24, 2.45) is 0 Å². The SMILES string of the molecule is COC(=O)c1ccc(C(=O)Nc2ccc(Br)cc2C(=O)c2ccccc2)cc1. The molecule has 0 aliphatic heterocycles. The second kappa shape index (κ2) is 8.63. The third-order valence-electron chi connectivity index (χ3n) is 4.08. The normalized spacial score (nSPS) is 10.2. The van der Waals surface area contributed by atoms with Crippen molar-refractivity contribution in [3.05, 3.63) is 99.5 Å². The van der Waals surface area contributed by atoms with Gasteiger partial charge in [0.1, 0.15) is 0 Å². The van der Waals surface area contributed by atoms with Crippen LogP contribution >= 0.6 is 15.9 Å². The van der Waals surface area contributed by atoms with Gasteiger partial charge in [0.25, 0.3) is 5.91 Å². The lowest BCUT2D eigenvalue weighted by molar-refractivity contribution is 0.0600. The van der Waals surface area contributed by atoms with E-state index in [1.807, 2.05) is 6.07 Å². The molecule has 0 bridgehead atoms. The average Bonchev–Trinajstić information content (AvgIpc) is 2.74. The van der Waals surface area contributed by atoms with Crippen LogP contribution in [0.4, 0.5) is 5.69 Å². The summed E-state index contributed by atoms with van der Waals surface area (Å²) in [5, 5.41) is 2.77. The quantitative estimate of drug-likeness (QED) is 0.462. The van der Waals surface area contributed by atoms with Crippen molar-refractivity contribution in [1.29, 1.82) is 0 Å². The molecule has 5 nitrogen and oxygen atoms in total. The summed E-state index contributed by atoms with van der Waals surface area (Å²) in [4.78, 5) is 37.0. The number of halogens is 1. The van der Waals surface area contributed by atoms with E-state index in [9.17, 15) is 14.4 Å². The third-order valence-corrected chi connectivity index (χ3v) is 4.57. The van der Waals surface area contributed by atoms with Crippen LogP contribution in [0.25, 0.3) is 0 Å².